The van der Waals surface area contributed by atoms with Gasteiger partial charge in [-0.2, -0.15) is 0 Å². The van der Waals surface area contributed by atoms with Crippen molar-refractivity contribution in [1.29, 1.82) is 0 Å². The number of carbonyl (C=O) groups is 1. The Labute approximate surface area is 94.1 Å². The highest BCUT2D eigenvalue weighted by atomic mass is 16.6. The summed E-state index contributed by atoms with van der Waals surface area (Å²) in [6.45, 7) is 1.31. The fourth-order valence-electron chi connectivity index (χ4n) is 1.40. The molecule has 2 rings (SSSR count). The molecule has 0 amide bonds. The number of epoxide rings is 1. The number of carbonyl (C=O) groups excluding carboxylic acids is 1. The van der Waals surface area contributed by atoms with Gasteiger partial charge in [-0.05, 0) is 17.7 Å². The third kappa shape index (κ3) is 2.73. The van der Waals surface area contributed by atoms with Crippen LogP contribution in [0.25, 0.3) is 0 Å². The lowest BCUT2D eigenvalue weighted by atomic mass is 10.1. The van der Waals surface area contributed by atoms with Gasteiger partial charge in [0.05, 0.1) is 13.7 Å². The minimum Gasteiger partial charge on any atom is -0.493 e. The smallest absolute Gasteiger partial charge is 0.161 e. The number of benzene rings is 1. The predicted molar refractivity (Wildman–Crippen MR) is 58.0 cm³/mol. The number of hydrogen-bond donors (Lipinski definition) is 0. The number of rotatable bonds is 6. The van der Waals surface area contributed by atoms with E-state index >= 15 is 0 Å². The molecule has 1 atom stereocenters. The minimum absolute atomic E-state index is 0.222. The van der Waals surface area contributed by atoms with Gasteiger partial charge in [0.25, 0.3) is 0 Å². The zero-order valence-corrected chi connectivity index (χ0v) is 9.14. The zero-order chi connectivity index (χ0) is 11.4. The minimum atomic E-state index is 0.222. The zero-order valence-electron chi connectivity index (χ0n) is 9.14. The van der Waals surface area contributed by atoms with Gasteiger partial charge < -0.3 is 19.0 Å². The van der Waals surface area contributed by atoms with Crippen molar-refractivity contribution in [2.24, 2.45) is 0 Å². The van der Waals surface area contributed by atoms with E-state index in [9.17, 15) is 4.79 Å². The molecule has 86 valence electrons. The fourth-order valence-corrected chi connectivity index (χ4v) is 1.40. The Kier molecular flexibility index (Phi) is 3.41. The Morgan fingerprint density at radius 3 is 2.94 bits per heavy atom. The van der Waals surface area contributed by atoms with E-state index < -0.39 is 0 Å². The predicted octanol–water partition coefficient (Wildman–Crippen LogP) is 1.21. The molecule has 0 spiro atoms. The van der Waals surface area contributed by atoms with Crippen molar-refractivity contribution in [1.82, 2.24) is 0 Å². The molecule has 1 saturated heterocycles. The summed E-state index contributed by atoms with van der Waals surface area (Å²) >= 11 is 0. The van der Waals surface area contributed by atoms with E-state index in [0.29, 0.717) is 24.5 Å². The van der Waals surface area contributed by atoms with Gasteiger partial charge in [0.1, 0.15) is 19.0 Å². The van der Waals surface area contributed by atoms with E-state index in [4.69, 9.17) is 14.2 Å². The van der Waals surface area contributed by atoms with Crippen LogP contribution in [0.5, 0.6) is 11.5 Å². The lowest BCUT2D eigenvalue weighted by Crippen LogP contribution is -2.05. The molecule has 1 aromatic rings. The molecule has 1 aliphatic heterocycles. The Morgan fingerprint density at radius 2 is 2.31 bits per heavy atom. The van der Waals surface area contributed by atoms with E-state index in [0.717, 1.165) is 18.5 Å². The van der Waals surface area contributed by atoms with Gasteiger partial charge >= 0.3 is 0 Å². The number of hydrogen-bond acceptors (Lipinski definition) is 4. The first-order chi connectivity index (χ1) is 7.83. The van der Waals surface area contributed by atoms with Crippen LogP contribution in [-0.2, 0) is 16.0 Å². The lowest BCUT2D eigenvalue weighted by Gasteiger charge is -2.10. The Bertz CT molecular complexity index is 371. The van der Waals surface area contributed by atoms with Gasteiger partial charge in [-0.25, -0.2) is 0 Å². The van der Waals surface area contributed by atoms with Crippen LogP contribution in [0.4, 0.5) is 0 Å². The molecule has 4 nitrogen and oxygen atoms in total. The first-order valence-electron chi connectivity index (χ1n) is 5.18. The molecule has 0 aliphatic carbocycles. The van der Waals surface area contributed by atoms with Gasteiger partial charge in [-0.3, -0.25) is 0 Å². The number of methoxy groups -OCH3 is 1. The maximum absolute atomic E-state index is 10.4. The highest BCUT2D eigenvalue weighted by Crippen LogP contribution is 2.28. The van der Waals surface area contributed by atoms with Crippen molar-refractivity contribution in [2.45, 2.75) is 12.5 Å². The van der Waals surface area contributed by atoms with Crippen molar-refractivity contribution >= 4 is 6.29 Å². The molecule has 4 heteroatoms. The second kappa shape index (κ2) is 4.99. The quantitative estimate of drug-likeness (QED) is 0.536. The third-order valence-electron chi connectivity index (χ3n) is 2.37. The van der Waals surface area contributed by atoms with Crippen LogP contribution in [0.2, 0.25) is 0 Å². The van der Waals surface area contributed by atoms with Crippen LogP contribution in [0.3, 0.4) is 0 Å². The normalized spacial score (nSPS) is 17.9. The van der Waals surface area contributed by atoms with Crippen LogP contribution >= 0.6 is 0 Å². The summed E-state index contributed by atoms with van der Waals surface area (Å²) < 4.78 is 15.8. The first-order valence-corrected chi connectivity index (χ1v) is 5.18. The molecule has 1 fully saturated rings. The largest absolute Gasteiger partial charge is 0.493 e. The maximum Gasteiger partial charge on any atom is 0.161 e. The van der Waals surface area contributed by atoms with Crippen molar-refractivity contribution in [2.75, 3.05) is 20.3 Å². The molecule has 0 radical (unpaired) electrons. The average molecular weight is 222 g/mol. The summed E-state index contributed by atoms with van der Waals surface area (Å²) in [6.07, 6.45) is 1.48. The van der Waals surface area contributed by atoms with Gasteiger partial charge in [0.15, 0.2) is 11.5 Å². The molecule has 1 heterocycles. The number of aldehydes is 1. The molecule has 0 N–H and O–H groups in total. The monoisotopic (exact) mass is 222 g/mol. The van der Waals surface area contributed by atoms with Crippen molar-refractivity contribution in [3.8, 4) is 11.5 Å². The summed E-state index contributed by atoms with van der Waals surface area (Å²) in [6, 6.07) is 5.50. The Morgan fingerprint density at radius 1 is 1.50 bits per heavy atom. The average Bonchev–Trinajstić information content (AvgIpc) is 3.11. The highest BCUT2D eigenvalue weighted by Gasteiger charge is 2.23. The second-order valence-corrected chi connectivity index (χ2v) is 3.62. The van der Waals surface area contributed by atoms with E-state index in [1.807, 2.05) is 18.2 Å². The molecular weight excluding hydrogens is 208 g/mol. The van der Waals surface area contributed by atoms with E-state index in [1.54, 1.807) is 7.11 Å². The Hall–Kier alpha value is -1.55. The van der Waals surface area contributed by atoms with Crippen LogP contribution in [0, 0.1) is 0 Å². The molecule has 1 aliphatic rings. The summed E-state index contributed by atoms with van der Waals surface area (Å²) in [5.74, 6) is 1.34. The molecule has 0 saturated carbocycles. The molecule has 16 heavy (non-hydrogen) atoms. The topological polar surface area (TPSA) is 48.1 Å². The van der Waals surface area contributed by atoms with Crippen LogP contribution in [0.15, 0.2) is 18.2 Å². The summed E-state index contributed by atoms with van der Waals surface area (Å²) in [4.78, 5) is 10.4. The lowest BCUT2D eigenvalue weighted by molar-refractivity contribution is -0.107. The molecule has 1 aromatic carbocycles. The summed E-state index contributed by atoms with van der Waals surface area (Å²) in [5.41, 5.74) is 0.918. The van der Waals surface area contributed by atoms with E-state index in [2.05, 4.69) is 0 Å². The highest BCUT2D eigenvalue weighted by molar-refractivity contribution is 5.56. The fraction of sp³-hybridized carbons (Fsp3) is 0.417. The van der Waals surface area contributed by atoms with E-state index in [-0.39, 0.29) is 6.10 Å². The molecule has 0 unspecified atom stereocenters. The summed E-state index contributed by atoms with van der Waals surface area (Å²) in [5, 5.41) is 0. The van der Waals surface area contributed by atoms with Crippen LogP contribution in [0.1, 0.15) is 5.56 Å². The van der Waals surface area contributed by atoms with Gasteiger partial charge in [-0.15, -0.1) is 0 Å². The standard InChI is InChI=1S/C12H14O4/c1-14-12-6-9(4-5-13)2-3-11(12)16-8-10-7-15-10/h2-3,5-6,10H,4,7-8H2,1H3/t10-/m0/s1. The van der Waals surface area contributed by atoms with Crippen molar-refractivity contribution in [3.05, 3.63) is 23.8 Å². The van der Waals surface area contributed by atoms with Crippen LogP contribution < -0.4 is 9.47 Å². The van der Waals surface area contributed by atoms with Gasteiger partial charge in [-0.1, -0.05) is 6.07 Å². The third-order valence-corrected chi connectivity index (χ3v) is 2.37. The van der Waals surface area contributed by atoms with Crippen molar-refractivity contribution < 1.29 is 19.0 Å². The SMILES string of the molecule is COc1cc(CC=O)ccc1OC[C@@H]1CO1. The van der Waals surface area contributed by atoms with Crippen LogP contribution in [-0.4, -0.2) is 32.7 Å². The van der Waals surface area contributed by atoms with Crippen molar-refractivity contribution in [3.63, 3.8) is 0 Å². The first kappa shape index (κ1) is 11.0. The number of ether oxygens (including phenoxy) is 3. The summed E-state index contributed by atoms with van der Waals surface area (Å²) in [7, 11) is 1.58. The second-order valence-electron chi connectivity index (χ2n) is 3.62. The maximum atomic E-state index is 10.4. The molecule has 0 aromatic heterocycles. The molecular formula is C12H14O4. The van der Waals surface area contributed by atoms with Gasteiger partial charge in [0.2, 0.25) is 0 Å². The van der Waals surface area contributed by atoms with E-state index in [1.165, 1.54) is 0 Å². The van der Waals surface area contributed by atoms with Gasteiger partial charge in [0, 0.05) is 6.42 Å². The molecule has 0 bridgehead atoms. The Balaban J connectivity index is 2.06.